The number of nitrogens with one attached hydrogen (secondary N) is 2. The van der Waals surface area contributed by atoms with Gasteiger partial charge in [0.2, 0.25) is 5.95 Å². The maximum absolute atomic E-state index is 11.9. The first-order chi connectivity index (χ1) is 18.4. The SMILES string of the molecule is C=CC(=O)C[C@H]1COC[C@H]1Nc1ncc2cc(-c3c(Cl)c(OC)cc(OC)c3Cl)nc(NC3COC3)c2n1. The van der Waals surface area contributed by atoms with E-state index in [1.807, 2.05) is 6.07 Å². The van der Waals surface area contributed by atoms with Crippen LogP contribution in [-0.2, 0) is 14.3 Å². The summed E-state index contributed by atoms with van der Waals surface area (Å²) in [5.74, 6) is 1.73. The molecule has 0 unspecified atom stereocenters. The van der Waals surface area contributed by atoms with Gasteiger partial charge in [-0.25, -0.2) is 15.0 Å². The fourth-order valence-electron chi connectivity index (χ4n) is 4.43. The van der Waals surface area contributed by atoms with Crippen molar-refractivity contribution >= 4 is 51.7 Å². The van der Waals surface area contributed by atoms with E-state index in [1.54, 1.807) is 12.3 Å². The number of ketones is 1. The van der Waals surface area contributed by atoms with Crippen LogP contribution in [0.3, 0.4) is 0 Å². The van der Waals surface area contributed by atoms with E-state index in [-0.39, 0.29) is 23.8 Å². The highest BCUT2D eigenvalue weighted by atomic mass is 35.5. The lowest BCUT2D eigenvalue weighted by Crippen LogP contribution is -2.40. The predicted octanol–water partition coefficient (Wildman–Crippen LogP) is 4.40. The Morgan fingerprint density at radius 3 is 2.42 bits per heavy atom. The number of fused-ring (bicyclic) bond motifs is 1. The fourth-order valence-corrected chi connectivity index (χ4v) is 5.12. The zero-order chi connectivity index (χ0) is 26.8. The minimum absolute atomic E-state index is 0.00246. The molecule has 2 aromatic heterocycles. The van der Waals surface area contributed by atoms with Crippen LogP contribution >= 0.6 is 23.2 Å². The first-order valence-electron chi connectivity index (χ1n) is 12.0. The zero-order valence-electron chi connectivity index (χ0n) is 20.9. The van der Waals surface area contributed by atoms with Crippen LogP contribution in [0, 0.1) is 5.92 Å². The number of carbonyl (C=O) groups is 1. The smallest absolute Gasteiger partial charge is 0.223 e. The molecule has 10 nitrogen and oxygen atoms in total. The Bertz CT molecular complexity index is 1360. The first kappa shape index (κ1) is 26.4. The summed E-state index contributed by atoms with van der Waals surface area (Å²) in [6, 6.07) is 3.42. The summed E-state index contributed by atoms with van der Waals surface area (Å²) < 4.78 is 21.8. The average Bonchev–Trinajstić information content (AvgIpc) is 3.32. The van der Waals surface area contributed by atoms with Gasteiger partial charge in [-0.3, -0.25) is 4.79 Å². The quantitative estimate of drug-likeness (QED) is 0.346. The van der Waals surface area contributed by atoms with E-state index in [9.17, 15) is 4.79 Å². The Morgan fingerprint density at radius 1 is 1.08 bits per heavy atom. The van der Waals surface area contributed by atoms with Gasteiger partial charge in [0.25, 0.3) is 0 Å². The van der Waals surface area contributed by atoms with Gasteiger partial charge in [-0.15, -0.1) is 0 Å². The van der Waals surface area contributed by atoms with Gasteiger partial charge in [0, 0.05) is 35.6 Å². The Morgan fingerprint density at radius 2 is 1.79 bits per heavy atom. The minimum atomic E-state index is -0.109. The Hall–Kier alpha value is -3.18. The van der Waals surface area contributed by atoms with Crippen molar-refractivity contribution in [1.29, 1.82) is 0 Å². The van der Waals surface area contributed by atoms with Crippen molar-refractivity contribution in [3.05, 3.63) is 41.0 Å². The summed E-state index contributed by atoms with van der Waals surface area (Å²) in [5, 5.41) is 8.07. The number of ether oxygens (including phenoxy) is 4. The van der Waals surface area contributed by atoms with Crippen molar-refractivity contribution in [3.8, 4) is 22.8 Å². The molecule has 0 saturated carbocycles. The Kier molecular flexibility index (Phi) is 7.85. The molecule has 0 amide bonds. The van der Waals surface area contributed by atoms with Gasteiger partial charge in [-0.1, -0.05) is 29.8 Å². The van der Waals surface area contributed by atoms with Crippen molar-refractivity contribution < 1.29 is 23.7 Å². The maximum Gasteiger partial charge on any atom is 0.223 e. The van der Waals surface area contributed by atoms with Gasteiger partial charge in [0.05, 0.1) is 68.5 Å². The van der Waals surface area contributed by atoms with E-state index in [1.165, 1.54) is 20.3 Å². The molecular weight excluding hydrogens is 533 g/mol. The van der Waals surface area contributed by atoms with Gasteiger partial charge < -0.3 is 29.6 Å². The molecule has 2 fully saturated rings. The van der Waals surface area contributed by atoms with E-state index in [2.05, 4.69) is 22.2 Å². The summed E-state index contributed by atoms with van der Waals surface area (Å²) in [6.45, 7) is 5.60. The van der Waals surface area contributed by atoms with Gasteiger partial charge in [0.15, 0.2) is 11.6 Å². The second-order valence-electron chi connectivity index (χ2n) is 9.07. The number of benzene rings is 1. The molecule has 5 rings (SSSR count). The highest BCUT2D eigenvalue weighted by Crippen LogP contribution is 2.46. The highest BCUT2D eigenvalue weighted by molar-refractivity contribution is 6.41. The third kappa shape index (κ3) is 5.22. The van der Waals surface area contributed by atoms with E-state index in [0.29, 0.717) is 82.9 Å². The molecule has 2 saturated heterocycles. The number of carbonyl (C=O) groups excluding carboxylic acids is 1. The fraction of sp³-hybridized carbons (Fsp3) is 0.385. The van der Waals surface area contributed by atoms with Gasteiger partial charge >= 0.3 is 0 Å². The molecule has 2 aliphatic heterocycles. The number of anilines is 2. The number of hydrogen-bond donors (Lipinski definition) is 2. The Labute approximate surface area is 229 Å². The third-order valence-corrected chi connectivity index (χ3v) is 7.33. The number of hydrogen-bond acceptors (Lipinski definition) is 10. The van der Waals surface area contributed by atoms with E-state index >= 15 is 0 Å². The second kappa shape index (κ2) is 11.3. The molecule has 2 aliphatic rings. The minimum Gasteiger partial charge on any atom is -0.495 e. The average molecular weight is 560 g/mol. The van der Waals surface area contributed by atoms with Crippen molar-refractivity contribution in [2.45, 2.75) is 18.5 Å². The van der Waals surface area contributed by atoms with Crippen molar-refractivity contribution in [3.63, 3.8) is 0 Å². The third-order valence-electron chi connectivity index (χ3n) is 6.58. The molecule has 200 valence electrons. The summed E-state index contributed by atoms with van der Waals surface area (Å²) >= 11 is 13.4. The number of methoxy groups -OCH3 is 2. The molecule has 0 spiro atoms. The van der Waals surface area contributed by atoms with Gasteiger partial charge in [0.1, 0.15) is 17.0 Å². The summed E-state index contributed by atoms with van der Waals surface area (Å²) in [4.78, 5) is 26.1. The van der Waals surface area contributed by atoms with Crippen LogP contribution in [0.15, 0.2) is 31.0 Å². The van der Waals surface area contributed by atoms with Gasteiger partial charge in [-0.05, 0) is 12.1 Å². The van der Waals surface area contributed by atoms with Crippen LogP contribution in [0.2, 0.25) is 10.0 Å². The van der Waals surface area contributed by atoms with Crippen molar-refractivity contribution in [1.82, 2.24) is 15.0 Å². The standard InChI is InChI=1S/C26H27Cl2N5O5/c1-4-16(34)5-14-9-37-12-18(14)32-26-29-8-13-6-17(31-25(24(13)33-26)30-15-10-38-11-15)21-22(27)19(35-2)7-20(36-3)23(21)28/h4,6-8,14-15,18H,1,5,9-12H2,2-3H3,(H,30,31)(H,29,32,33)/t14-,18+/m0/s1. The Balaban J connectivity index is 1.55. The van der Waals surface area contributed by atoms with Crippen LogP contribution in [0.4, 0.5) is 11.8 Å². The van der Waals surface area contributed by atoms with Crippen LogP contribution < -0.4 is 20.1 Å². The number of rotatable bonds is 10. The largest absolute Gasteiger partial charge is 0.495 e. The van der Waals surface area contributed by atoms with Crippen LogP contribution in [0.1, 0.15) is 6.42 Å². The number of nitrogens with zero attached hydrogens (tertiary/aromatic N) is 3. The molecule has 12 heteroatoms. The first-order valence-corrected chi connectivity index (χ1v) is 12.8. The molecule has 0 bridgehead atoms. The summed E-state index contributed by atoms with van der Waals surface area (Å²) in [7, 11) is 3.04. The molecule has 38 heavy (non-hydrogen) atoms. The molecule has 1 aromatic carbocycles. The second-order valence-corrected chi connectivity index (χ2v) is 9.83. The number of allylic oxidation sites excluding steroid dienone is 1. The van der Waals surface area contributed by atoms with Crippen LogP contribution in [-0.4, -0.2) is 73.5 Å². The molecule has 0 radical (unpaired) electrons. The maximum atomic E-state index is 11.9. The topological polar surface area (TPSA) is 117 Å². The molecule has 0 aliphatic carbocycles. The van der Waals surface area contributed by atoms with Gasteiger partial charge in [-0.2, -0.15) is 0 Å². The van der Waals surface area contributed by atoms with E-state index in [0.717, 1.165) is 5.39 Å². The van der Waals surface area contributed by atoms with E-state index < -0.39 is 0 Å². The molecule has 4 heterocycles. The zero-order valence-corrected chi connectivity index (χ0v) is 22.4. The van der Waals surface area contributed by atoms with Crippen LogP contribution in [0.5, 0.6) is 11.5 Å². The predicted molar refractivity (Wildman–Crippen MR) is 146 cm³/mol. The number of halogens is 2. The van der Waals surface area contributed by atoms with Crippen molar-refractivity contribution in [2.24, 2.45) is 5.92 Å². The van der Waals surface area contributed by atoms with Crippen molar-refractivity contribution in [2.75, 3.05) is 51.3 Å². The monoisotopic (exact) mass is 559 g/mol. The van der Waals surface area contributed by atoms with E-state index in [4.69, 9.17) is 52.1 Å². The lowest BCUT2D eigenvalue weighted by molar-refractivity contribution is -0.115. The van der Waals surface area contributed by atoms with Crippen LogP contribution in [0.25, 0.3) is 22.2 Å². The summed E-state index contributed by atoms with van der Waals surface area (Å²) in [6.07, 6.45) is 3.39. The molecule has 2 N–H and O–H groups in total. The summed E-state index contributed by atoms with van der Waals surface area (Å²) in [5.41, 5.74) is 1.58. The lowest BCUT2D eigenvalue weighted by Gasteiger charge is -2.28. The normalized spacial score (nSPS) is 19.2. The lowest BCUT2D eigenvalue weighted by atomic mass is 9.97. The molecular formula is C26H27Cl2N5O5. The molecule has 3 aromatic rings. The number of pyridine rings is 1. The highest BCUT2D eigenvalue weighted by Gasteiger charge is 2.30. The number of aromatic nitrogens is 3. The molecule has 2 atom stereocenters.